The highest BCUT2D eigenvalue weighted by molar-refractivity contribution is 5.29. The summed E-state index contributed by atoms with van der Waals surface area (Å²) < 4.78 is 37.0. The van der Waals surface area contributed by atoms with E-state index in [4.69, 9.17) is 5.73 Å². The van der Waals surface area contributed by atoms with Gasteiger partial charge >= 0.3 is 0 Å². The summed E-state index contributed by atoms with van der Waals surface area (Å²) in [6.45, 7) is 1.62. The van der Waals surface area contributed by atoms with Crippen molar-refractivity contribution in [3.05, 3.63) is 35.1 Å². The first kappa shape index (κ1) is 10.1. The minimum absolute atomic E-state index is 0.162. The predicted octanol–water partition coefficient (Wildman–Crippen LogP) is 2.40. The monoisotopic (exact) mass is 189 g/mol. The second kappa shape index (κ2) is 3.79. The SMILES string of the molecule is Cc1ccc(F)cc1[C@@H](N)C(F)F. The molecule has 0 bridgehead atoms. The van der Waals surface area contributed by atoms with Gasteiger partial charge in [-0.15, -0.1) is 0 Å². The summed E-state index contributed by atoms with van der Waals surface area (Å²) in [7, 11) is 0. The fourth-order valence-electron chi connectivity index (χ4n) is 1.11. The van der Waals surface area contributed by atoms with Crippen LogP contribution in [0.3, 0.4) is 0 Å². The largest absolute Gasteiger partial charge is 0.319 e. The van der Waals surface area contributed by atoms with E-state index in [2.05, 4.69) is 0 Å². The number of hydrogen-bond donors (Lipinski definition) is 1. The molecule has 2 N–H and O–H groups in total. The molecule has 0 fully saturated rings. The lowest BCUT2D eigenvalue weighted by atomic mass is 10.0. The second-order valence-corrected chi connectivity index (χ2v) is 2.86. The van der Waals surface area contributed by atoms with Gasteiger partial charge in [-0.2, -0.15) is 0 Å². The van der Waals surface area contributed by atoms with Crippen molar-refractivity contribution < 1.29 is 13.2 Å². The quantitative estimate of drug-likeness (QED) is 0.759. The molecule has 13 heavy (non-hydrogen) atoms. The highest BCUT2D eigenvalue weighted by Gasteiger charge is 2.19. The Hall–Kier alpha value is -1.03. The number of halogens is 3. The van der Waals surface area contributed by atoms with E-state index in [1.54, 1.807) is 6.92 Å². The van der Waals surface area contributed by atoms with Crippen LogP contribution in [-0.2, 0) is 0 Å². The molecule has 1 aromatic rings. The topological polar surface area (TPSA) is 26.0 Å². The summed E-state index contributed by atoms with van der Waals surface area (Å²) >= 11 is 0. The van der Waals surface area contributed by atoms with Crippen LogP contribution in [0.2, 0.25) is 0 Å². The zero-order valence-electron chi connectivity index (χ0n) is 7.10. The molecule has 0 aliphatic heterocycles. The first-order valence-electron chi connectivity index (χ1n) is 3.82. The van der Waals surface area contributed by atoms with Crippen molar-refractivity contribution in [1.82, 2.24) is 0 Å². The van der Waals surface area contributed by atoms with Crippen molar-refractivity contribution in [2.75, 3.05) is 0 Å². The van der Waals surface area contributed by atoms with Crippen LogP contribution < -0.4 is 5.73 Å². The molecule has 1 nitrogen and oxygen atoms in total. The van der Waals surface area contributed by atoms with Gasteiger partial charge in [0.2, 0.25) is 0 Å². The van der Waals surface area contributed by atoms with Gasteiger partial charge in [0.05, 0.1) is 6.04 Å². The van der Waals surface area contributed by atoms with Gasteiger partial charge in [0, 0.05) is 0 Å². The van der Waals surface area contributed by atoms with Crippen LogP contribution in [0, 0.1) is 12.7 Å². The van der Waals surface area contributed by atoms with Crippen LogP contribution in [0.15, 0.2) is 18.2 Å². The molecule has 0 aliphatic rings. The first-order valence-corrected chi connectivity index (χ1v) is 3.82. The van der Waals surface area contributed by atoms with Crippen molar-refractivity contribution in [2.45, 2.75) is 19.4 Å². The Morgan fingerprint density at radius 3 is 2.46 bits per heavy atom. The third-order valence-corrected chi connectivity index (χ3v) is 1.87. The Bertz CT molecular complexity index is 299. The van der Waals surface area contributed by atoms with E-state index < -0.39 is 18.3 Å². The smallest absolute Gasteiger partial charge is 0.257 e. The van der Waals surface area contributed by atoms with E-state index in [1.807, 2.05) is 0 Å². The molecule has 0 amide bonds. The van der Waals surface area contributed by atoms with E-state index >= 15 is 0 Å². The third-order valence-electron chi connectivity index (χ3n) is 1.87. The van der Waals surface area contributed by atoms with Crippen molar-refractivity contribution in [1.29, 1.82) is 0 Å². The third kappa shape index (κ3) is 2.21. The molecule has 4 heteroatoms. The molecule has 1 rings (SSSR count). The molecular weight excluding hydrogens is 179 g/mol. The molecule has 0 saturated heterocycles. The van der Waals surface area contributed by atoms with Crippen molar-refractivity contribution in [3.8, 4) is 0 Å². The minimum Gasteiger partial charge on any atom is -0.319 e. The Morgan fingerprint density at radius 2 is 1.92 bits per heavy atom. The van der Waals surface area contributed by atoms with Crippen LogP contribution in [0.1, 0.15) is 17.2 Å². The molecule has 0 radical (unpaired) electrons. The normalized spacial score (nSPS) is 13.4. The minimum atomic E-state index is -2.67. The van der Waals surface area contributed by atoms with E-state index in [1.165, 1.54) is 12.1 Å². The van der Waals surface area contributed by atoms with E-state index in [0.29, 0.717) is 5.56 Å². The van der Waals surface area contributed by atoms with E-state index in [9.17, 15) is 13.2 Å². The van der Waals surface area contributed by atoms with Crippen LogP contribution in [0.4, 0.5) is 13.2 Å². The fraction of sp³-hybridized carbons (Fsp3) is 0.333. The van der Waals surface area contributed by atoms with Crippen LogP contribution >= 0.6 is 0 Å². The fourth-order valence-corrected chi connectivity index (χ4v) is 1.11. The van der Waals surface area contributed by atoms with Crippen LogP contribution in [0.25, 0.3) is 0 Å². The van der Waals surface area contributed by atoms with Crippen LogP contribution in [-0.4, -0.2) is 6.43 Å². The molecular formula is C9H10F3N. The van der Waals surface area contributed by atoms with Gasteiger partial charge in [0.1, 0.15) is 5.82 Å². The van der Waals surface area contributed by atoms with Gasteiger partial charge in [0.15, 0.2) is 0 Å². The van der Waals surface area contributed by atoms with Gasteiger partial charge in [0.25, 0.3) is 6.43 Å². The molecule has 0 saturated carbocycles. The first-order chi connectivity index (χ1) is 6.02. The molecule has 0 aliphatic carbocycles. The number of nitrogens with two attached hydrogens (primary N) is 1. The van der Waals surface area contributed by atoms with Gasteiger partial charge in [-0.3, -0.25) is 0 Å². The zero-order valence-corrected chi connectivity index (χ0v) is 7.10. The zero-order chi connectivity index (χ0) is 10.0. The summed E-state index contributed by atoms with van der Waals surface area (Å²) in [5, 5.41) is 0. The van der Waals surface area contributed by atoms with Crippen molar-refractivity contribution in [3.63, 3.8) is 0 Å². The summed E-state index contributed by atoms with van der Waals surface area (Å²) in [6, 6.07) is 2.30. The van der Waals surface area contributed by atoms with Gasteiger partial charge in [-0.1, -0.05) is 6.07 Å². The molecule has 0 unspecified atom stereocenters. The second-order valence-electron chi connectivity index (χ2n) is 2.86. The molecule has 0 aromatic heterocycles. The number of hydrogen-bond acceptors (Lipinski definition) is 1. The molecule has 0 spiro atoms. The van der Waals surface area contributed by atoms with E-state index in [-0.39, 0.29) is 5.56 Å². The lowest BCUT2D eigenvalue weighted by Gasteiger charge is -2.13. The lowest BCUT2D eigenvalue weighted by molar-refractivity contribution is 0.116. The van der Waals surface area contributed by atoms with Crippen LogP contribution in [0.5, 0.6) is 0 Å². The van der Waals surface area contributed by atoms with Gasteiger partial charge < -0.3 is 5.73 Å². The predicted molar refractivity (Wildman–Crippen MR) is 44.1 cm³/mol. The Kier molecular flexibility index (Phi) is 2.93. The van der Waals surface area contributed by atoms with E-state index in [0.717, 1.165) is 6.07 Å². The Balaban J connectivity index is 3.05. The van der Waals surface area contributed by atoms with Gasteiger partial charge in [-0.25, -0.2) is 13.2 Å². The summed E-state index contributed by atoms with van der Waals surface area (Å²) in [6.07, 6.45) is -2.67. The van der Waals surface area contributed by atoms with Gasteiger partial charge in [-0.05, 0) is 30.2 Å². The Morgan fingerprint density at radius 1 is 1.31 bits per heavy atom. The maximum absolute atomic E-state index is 12.7. The maximum atomic E-state index is 12.7. The highest BCUT2D eigenvalue weighted by Crippen LogP contribution is 2.21. The molecule has 1 aromatic carbocycles. The average Bonchev–Trinajstić information content (AvgIpc) is 2.08. The molecule has 0 heterocycles. The molecule has 1 atom stereocenters. The maximum Gasteiger partial charge on any atom is 0.257 e. The number of alkyl halides is 2. The summed E-state index contributed by atoms with van der Waals surface area (Å²) in [4.78, 5) is 0. The molecule has 72 valence electrons. The lowest BCUT2D eigenvalue weighted by Crippen LogP contribution is -2.20. The number of benzene rings is 1. The standard InChI is InChI=1S/C9H10F3N/c1-5-2-3-6(10)4-7(5)8(13)9(11)12/h2-4,8-9H,13H2,1H3/t8-/m1/s1. The number of aryl methyl sites for hydroxylation is 1. The summed E-state index contributed by atoms with van der Waals surface area (Å²) in [5.41, 5.74) is 5.93. The summed E-state index contributed by atoms with van der Waals surface area (Å²) in [5.74, 6) is -0.545. The average molecular weight is 189 g/mol. The Labute approximate surface area is 74.4 Å². The number of rotatable bonds is 2. The van der Waals surface area contributed by atoms with Crippen molar-refractivity contribution >= 4 is 0 Å². The van der Waals surface area contributed by atoms with Crippen molar-refractivity contribution in [2.24, 2.45) is 5.73 Å². The highest BCUT2D eigenvalue weighted by atomic mass is 19.3.